The minimum Gasteiger partial charge on any atom is -0.335 e. The van der Waals surface area contributed by atoms with E-state index in [1.807, 2.05) is 71.8 Å². The highest BCUT2D eigenvalue weighted by molar-refractivity contribution is 7.99. The number of carbonyl (C=O) groups excluding carboxylic acids is 1. The Morgan fingerprint density at radius 2 is 1.69 bits per heavy atom. The minimum atomic E-state index is -3.03. The maximum atomic E-state index is 13.2. The Bertz CT molecular complexity index is 1210. The van der Waals surface area contributed by atoms with Crippen molar-refractivity contribution in [3.63, 3.8) is 0 Å². The molecule has 6 nitrogen and oxygen atoms in total. The molecule has 0 spiro atoms. The summed E-state index contributed by atoms with van der Waals surface area (Å²) in [7, 11) is -3.03. The molecule has 0 N–H and O–H groups in total. The molecule has 0 unspecified atom stereocenters. The van der Waals surface area contributed by atoms with Gasteiger partial charge in [-0.15, -0.1) is 0 Å². The van der Waals surface area contributed by atoms with Gasteiger partial charge in [-0.1, -0.05) is 60.3 Å². The molecule has 2 heterocycles. The van der Waals surface area contributed by atoms with Gasteiger partial charge in [0, 0.05) is 23.3 Å². The lowest BCUT2D eigenvalue weighted by atomic mass is 10.1. The normalized spacial score (nSPS) is 19.7. The molecule has 2 aromatic carbocycles. The molecule has 2 fully saturated rings. The van der Waals surface area contributed by atoms with Crippen LogP contribution in [0.3, 0.4) is 0 Å². The number of carbonyl (C=O) groups is 1. The topological polar surface area (TPSA) is 72.3 Å². The molecular weight excluding hydrogens is 442 g/mol. The molecule has 1 saturated heterocycles. The minimum absolute atomic E-state index is 0.00322. The number of thioether (sulfide) groups is 1. The number of hydrogen-bond acceptors (Lipinski definition) is 5. The van der Waals surface area contributed by atoms with E-state index in [-0.39, 0.29) is 35.2 Å². The summed E-state index contributed by atoms with van der Waals surface area (Å²) < 4.78 is 26.0. The predicted molar refractivity (Wildman–Crippen MR) is 127 cm³/mol. The summed E-state index contributed by atoms with van der Waals surface area (Å²) in [5.74, 6) is 0.519. The second-order valence-corrected chi connectivity index (χ2v) is 11.5. The van der Waals surface area contributed by atoms with Crippen LogP contribution in [0.15, 0.2) is 72.0 Å². The van der Waals surface area contributed by atoms with E-state index in [2.05, 4.69) is 9.55 Å². The van der Waals surface area contributed by atoms with Crippen molar-refractivity contribution in [2.45, 2.75) is 36.5 Å². The molecule has 166 valence electrons. The summed E-state index contributed by atoms with van der Waals surface area (Å²) in [6.07, 6.45) is 4.32. The highest BCUT2D eigenvalue weighted by atomic mass is 32.2. The van der Waals surface area contributed by atoms with Crippen LogP contribution >= 0.6 is 11.8 Å². The van der Waals surface area contributed by atoms with Crippen molar-refractivity contribution in [1.82, 2.24) is 14.5 Å². The molecule has 0 radical (unpaired) electrons. The van der Waals surface area contributed by atoms with Gasteiger partial charge in [-0.05, 0) is 31.4 Å². The number of imidazole rings is 1. The van der Waals surface area contributed by atoms with Gasteiger partial charge in [0.15, 0.2) is 15.0 Å². The van der Waals surface area contributed by atoms with E-state index in [1.165, 1.54) is 11.8 Å². The fourth-order valence-corrected chi connectivity index (χ4v) is 6.90. The van der Waals surface area contributed by atoms with Gasteiger partial charge in [-0.3, -0.25) is 9.36 Å². The van der Waals surface area contributed by atoms with E-state index in [0.717, 1.165) is 34.9 Å². The molecule has 2 aliphatic rings. The first-order valence-electron chi connectivity index (χ1n) is 10.8. The summed E-state index contributed by atoms with van der Waals surface area (Å²) in [6, 6.07) is 20.1. The number of para-hydroxylation sites is 1. The molecule has 1 aliphatic heterocycles. The number of amides is 1. The van der Waals surface area contributed by atoms with Crippen LogP contribution in [0.1, 0.15) is 19.3 Å². The number of aromatic nitrogens is 2. The van der Waals surface area contributed by atoms with Crippen LogP contribution in [0.5, 0.6) is 0 Å². The van der Waals surface area contributed by atoms with Crippen LogP contribution in [0.25, 0.3) is 16.9 Å². The summed E-state index contributed by atoms with van der Waals surface area (Å²) in [6.45, 7) is 0. The summed E-state index contributed by atoms with van der Waals surface area (Å²) >= 11 is 1.41. The van der Waals surface area contributed by atoms with Gasteiger partial charge < -0.3 is 4.90 Å². The lowest BCUT2D eigenvalue weighted by molar-refractivity contribution is -0.130. The summed E-state index contributed by atoms with van der Waals surface area (Å²) in [5, 5.41) is 0.748. The van der Waals surface area contributed by atoms with Crippen molar-refractivity contribution < 1.29 is 13.2 Å². The fourth-order valence-electron chi connectivity index (χ4n) is 4.33. The van der Waals surface area contributed by atoms with Crippen LogP contribution in [-0.4, -0.2) is 58.1 Å². The molecule has 32 heavy (non-hydrogen) atoms. The van der Waals surface area contributed by atoms with Crippen molar-refractivity contribution in [3.05, 3.63) is 66.9 Å². The van der Waals surface area contributed by atoms with Gasteiger partial charge >= 0.3 is 0 Å². The SMILES string of the molecule is O=C(CSc1ncc(-c2ccccc2)n1-c1ccccc1)N(C1CC1)[C@H]1CCS(=O)(=O)C1. The van der Waals surface area contributed by atoms with Crippen molar-refractivity contribution in [2.75, 3.05) is 17.3 Å². The maximum Gasteiger partial charge on any atom is 0.233 e. The molecule has 1 atom stereocenters. The molecule has 1 aliphatic carbocycles. The van der Waals surface area contributed by atoms with Crippen LogP contribution < -0.4 is 0 Å². The number of nitrogens with zero attached hydrogens (tertiary/aromatic N) is 3. The first-order chi connectivity index (χ1) is 15.5. The van der Waals surface area contributed by atoms with Crippen LogP contribution in [0.4, 0.5) is 0 Å². The third-order valence-corrected chi connectivity index (χ3v) is 8.66. The molecule has 0 bridgehead atoms. The molecular formula is C24H25N3O3S2. The predicted octanol–water partition coefficient (Wildman–Crippen LogP) is 3.81. The van der Waals surface area contributed by atoms with E-state index >= 15 is 0 Å². The first kappa shape index (κ1) is 21.3. The molecule has 8 heteroatoms. The second kappa shape index (κ2) is 8.75. The lowest BCUT2D eigenvalue weighted by Gasteiger charge is -2.28. The maximum absolute atomic E-state index is 13.2. The van der Waals surface area contributed by atoms with Crippen LogP contribution in [0.2, 0.25) is 0 Å². The Morgan fingerprint density at radius 1 is 1.00 bits per heavy atom. The zero-order valence-electron chi connectivity index (χ0n) is 17.6. The summed E-state index contributed by atoms with van der Waals surface area (Å²) in [4.78, 5) is 19.7. The number of benzene rings is 2. The fraction of sp³-hybridized carbons (Fsp3) is 0.333. The van der Waals surface area contributed by atoms with E-state index in [4.69, 9.17) is 0 Å². The second-order valence-electron chi connectivity index (χ2n) is 8.34. The third kappa shape index (κ3) is 4.47. The largest absolute Gasteiger partial charge is 0.335 e. The zero-order valence-corrected chi connectivity index (χ0v) is 19.3. The van der Waals surface area contributed by atoms with Gasteiger partial charge in [0.2, 0.25) is 5.91 Å². The van der Waals surface area contributed by atoms with Gasteiger partial charge in [0.25, 0.3) is 0 Å². The zero-order chi connectivity index (χ0) is 22.1. The van der Waals surface area contributed by atoms with E-state index < -0.39 is 9.84 Å². The van der Waals surface area contributed by atoms with Crippen LogP contribution in [0, 0.1) is 0 Å². The summed E-state index contributed by atoms with van der Waals surface area (Å²) in [5.41, 5.74) is 3.00. The number of sulfone groups is 1. The van der Waals surface area contributed by atoms with E-state index in [1.54, 1.807) is 0 Å². The molecule has 5 rings (SSSR count). The first-order valence-corrected chi connectivity index (χ1v) is 13.7. The Hall–Kier alpha value is -2.58. The highest BCUT2D eigenvalue weighted by Crippen LogP contribution is 2.34. The van der Waals surface area contributed by atoms with Crippen molar-refractivity contribution >= 4 is 27.5 Å². The third-order valence-electron chi connectivity index (χ3n) is 5.97. The van der Waals surface area contributed by atoms with Gasteiger partial charge in [0.1, 0.15) is 0 Å². The number of hydrogen-bond donors (Lipinski definition) is 0. The monoisotopic (exact) mass is 467 g/mol. The van der Waals surface area contributed by atoms with Crippen molar-refractivity contribution in [3.8, 4) is 16.9 Å². The Labute approximate surface area is 192 Å². The smallest absolute Gasteiger partial charge is 0.233 e. The van der Waals surface area contributed by atoms with Crippen molar-refractivity contribution in [2.24, 2.45) is 0 Å². The highest BCUT2D eigenvalue weighted by Gasteiger charge is 2.42. The average Bonchev–Trinajstić information content (AvgIpc) is 3.43. The molecule has 1 aromatic heterocycles. The molecule has 1 amide bonds. The average molecular weight is 468 g/mol. The van der Waals surface area contributed by atoms with E-state index in [0.29, 0.717) is 6.42 Å². The van der Waals surface area contributed by atoms with Gasteiger partial charge in [0.05, 0.1) is 29.1 Å². The van der Waals surface area contributed by atoms with Gasteiger partial charge in [-0.2, -0.15) is 0 Å². The Kier molecular flexibility index (Phi) is 5.82. The van der Waals surface area contributed by atoms with Gasteiger partial charge in [-0.25, -0.2) is 13.4 Å². The molecule has 1 saturated carbocycles. The Morgan fingerprint density at radius 3 is 2.31 bits per heavy atom. The lowest BCUT2D eigenvalue weighted by Crippen LogP contribution is -2.43. The number of rotatable bonds is 7. The van der Waals surface area contributed by atoms with E-state index in [9.17, 15) is 13.2 Å². The van der Waals surface area contributed by atoms with Crippen LogP contribution in [-0.2, 0) is 14.6 Å². The van der Waals surface area contributed by atoms with Crippen molar-refractivity contribution in [1.29, 1.82) is 0 Å². The Balaban J connectivity index is 1.39. The quantitative estimate of drug-likeness (QED) is 0.494. The molecule has 3 aromatic rings. The standard InChI is InChI=1S/C24H25N3O3S2/c28-23(26(20-11-12-20)21-13-14-32(29,30)17-21)16-31-24-25-15-22(18-7-3-1-4-8-18)27(24)19-9-5-2-6-10-19/h1-10,15,20-21H,11-14,16-17H2/t21-/m0/s1.